The smallest absolute Gasteiger partial charge is 0.252 e. The predicted molar refractivity (Wildman–Crippen MR) is 123 cm³/mol. The van der Waals surface area contributed by atoms with Gasteiger partial charge in [-0.3, -0.25) is 14.8 Å². The van der Waals surface area contributed by atoms with Gasteiger partial charge in [0.25, 0.3) is 5.91 Å². The van der Waals surface area contributed by atoms with E-state index in [1.807, 2.05) is 74.1 Å². The van der Waals surface area contributed by atoms with Gasteiger partial charge in [-0.1, -0.05) is 0 Å². The van der Waals surface area contributed by atoms with Gasteiger partial charge in [-0.25, -0.2) is 4.68 Å². The minimum Gasteiger partial charge on any atom is -0.345 e. The zero-order chi connectivity index (χ0) is 22.2. The zero-order valence-corrected chi connectivity index (χ0v) is 18.1. The molecule has 0 bridgehead atoms. The number of hydrogen-bond acceptors (Lipinski definition) is 6. The minimum atomic E-state index is -0.0320. The summed E-state index contributed by atoms with van der Waals surface area (Å²) < 4.78 is 1.81. The van der Waals surface area contributed by atoms with Crippen LogP contribution in [0, 0.1) is 6.92 Å². The number of aryl methyl sites for hydroxylation is 2. The van der Waals surface area contributed by atoms with Crippen molar-refractivity contribution in [3.63, 3.8) is 0 Å². The number of amides is 1. The summed E-state index contributed by atoms with van der Waals surface area (Å²) in [6, 6.07) is 13.6. The van der Waals surface area contributed by atoms with Gasteiger partial charge in [-0.05, 0) is 68.8 Å². The monoisotopic (exact) mass is 425 g/mol. The molecule has 3 aromatic heterocycles. The highest BCUT2D eigenvalue weighted by Gasteiger charge is 2.25. The molecular weight excluding hydrogens is 402 g/mol. The molecule has 0 fully saturated rings. The molecule has 1 aliphatic heterocycles. The number of pyridine rings is 2. The highest BCUT2D eigenvalue weighted by molar-refractivity contribution is 5.99. The van der Waals surface area contributed by atoms with Crippen molar-refractivity contribution in [3.8, 4) is 22.6 Å². The molecule has 0 spiro atoms. The fourth-order valence-corrected chi connectivity index (χ4v) is 3.78. The molecule has 1 aromatic carbocycles. The topological polar surface area (TPSA) is 97.6 Å². The van der Waals surface area contributed by atoms with Crippen molar-refractivity contribution in [3.05, 3.63) is 71.7 Å². The normalized spacial score (nSPS) is 14.8. The average molecular weight is 425 g/mol. The number of rotatable bonds is 5. The van der Waals surface area contributed by atoms with Crippen LogP contribution >= 0.6 is 0 Å². The summed E-state index contributed by atoms with van der Waals surface area (Å²) in [7, 11) is 0. The first-order valence-electron chi connectivity index (χ1n) is 10.6. The van der Waals surface area contributed by atoms with Gasteiger partial charge in [-0.2, -0.15) is 4.98 Å². The molecule has 1 aliphatic rings. The lowest BCUT2D eigenvalue weighted by atomic mass is 10.1. The van der Waals surface area contributed by atoms with Crippen molar-refractivity contribution in [2.24, 2.45) is 0 Å². The van der Waals surface area contributed by atoms with Crippen LogP contribution in [0.25, 0.3) is 22.6 Å². The number of nitrogens with one attached hydrogen (secondary N) is 2. The Balaban J connectivity index is 1.41. The number of nitrogens with zero attached hydrogens (tertiary/aromatic N) is 5. The van der Waals surface area contributed by atoms with E-state index in [4.69, 9.17) is 4.98 Å². The maximum atomic E-state index is 12.0. The SMILES string of the molecule is CCn1nc(-c2ccc(-c3ccc(C)nc3)nc2)nc1Nc1ccc2c(c1)C(C)NC2=O. The van der Waals surface area contributed by atoms with Crippen LogP contribution in [-0.4, -0.2) is 30.6 Å². The molecule has 4 aromatic rings. The quantitative estimate of drug-likeness (QED) is 0.495. The molecule has 2 N–H and O–H groups in total. The van der Waals surface area contributed by atoms with Crippen molar-refractivity contribution < 1.29 is 4.79 Å². The second-order valence-electron chi connectivity index (χ2n) is 7.82. The Bertz CT molecular complexity index is 1290. The van der Waals surface area contributed by atoms with Crippen LogP contribution in [0.15, 0.2) is 54.9 Å². The molecule has 32 heavy (non-hydrogen) atoms. The molecule has 160 valence electrons. The van der Waals surface area contributed by atoms with Crippen molar-refractivity contribution in [1.29, 1.82) is 0 Å². The van der Waals surface area contributed by atoms with E-state index in [9.17, 15) is 4.79 Å². The Labute approximate surface area is 185 Å². The van der Waals surface area contributed by atoms with Crippen molar-refractivity contribution >= 4 is 17.5 Å². The maximum absolute atomic E-state index is 12.0. The van der Waals surface area contributed by atoms with Gasteiger partial charge in [0, 0.05) is 47.0 Å². The van der Waals surface area contributed by atoms with E-state index >= 15 is 0 Å². The summed E-state index contributed by atoms with van der Waals surface area (Å²) in [5.41, 5.74) is 6.19. The lowest BCUT2D eigenvalue weighted by molar-refractivity contribution is 0.0958. The zero-order valence-electron chi connectivity index (χ0n) is 18.1. The van der Waals surface area contributed by atoms with Gasteiger partial charge in [0.05, 0.1) is 11.7 Å². The Hall–Kier alpha value is -4.07. The van der Waals surface area contributed by atoms with Crippen LogP contribution in [0.5, 0.6) is 0 Å². The standard InChI is InChI=1S/C24H23N7O/c1-4-31-24(28-18-8-9-19-20(11-18)15(3)27-23(19)32)29-22(30-31)17-7-10-21(26-13-17)16-6-5-14(2)25-12-16/h5-13,15H,4H2,1-3H3,(H,27,32)(H,28,29,30). The molecular formula is C24H23N7O. The molecule has 4 heterocycles. The Kier molecular flexibility index (Phi) is 4.89. The molecule has 0 aliphatic carbocycles. The molecule has 8 heteroatoms. The molecule has 1 unspecified atom stereocenters. The molecule has 1 atom stereocenters. The van der Waals surface area contributed by atoms with E-state index in [0.29, 0.717) is 18.3 Å². The summed E-state index contributed by atoms with van der Waals surface area (Å²) in [4.78, 5) is 25.6. The lowest BCUT2D eigenvalue weighted by Crippen LogP contribution is -2.16. The predicted octanol–water partition coefficient (Wildman–Crippen LogP) is 4.28. The van der Waals surface area contributed by atoms with Gasteiger partial charge in [-0.15, -0.1) is 5.10 Å². The van der Waals surface area contributed by atoms with Crippen LogP contribution in [0.4, 0.5) is 11.6 Å². The molecule has 5 rings (SSSR count). The number of fused-ring (bicyclic) bond motifs is 1. The average Bonchev–Trinajstić information content (AvgIpc) is 3.34. The first kappa shape index (κ1) is 19.9. The number of carbonyl (C=O) groups is 1. The maximum Gasteiger partial charge on any atom is 0.252 e. The Morgan fingerprint density at radius 3 is 2.59 bits per heavy atom. The summed E-state index contributed by atoms with van der Waals surface area (Å²) in [5.74, 6) is 1.21. The number of aromatic nitrogens is 5. The van der Waals surface area contributed by atoms with Crippen molar-refractivity contribution in [2.45, 2.75) is 33.4 Å². The highest BCUT2D eigenvalue weighted by Crippen LogP contribution is 2.29. The largest absolute Gasteiger partial charge is 0.345 e. The van der Waals surface area contributed by atoms with Gasteiger partial charge >= 0.3 is 0 Å². The first-order chi connectivity index (χ1) is 15.5. The molecule has 1 amide bonds. The minimum absolute atomic E-state index is 0.00725. The second-order valence-corrected chi connectivity index (χ2v) is 7.82. The fraction of sp³-hybridized carbons (Fsp3) is 0.208. The van der Waals surface area contributed by atoms with E-state index < -0.39 is 0 Å². The first-order valence-corrected chi connectivity index (χ1v) is 10.6. The Morgan fingerprint density at radius 1 is 1.06 bits per heavy atom. The number of hydrogen-bond donors (Lipinski definition) is 2. The van der Waals surface area contributed by atoms with Crippen LogP contribution in [0.2, 0.25) is 0 Å². The Morgan fingerprint density at radius 2 is 1.88 bits per heavy atom. The number of benzene rings is 1. The van der Waals surface area contributed by atoms with Gasteiger partial charge in [0.15, 0.2) is 5.82 Å². The number of anilines is 2. The van der Waals surface area contributed by atoms with E-state index in [2.05, 4.69) is 25.7 Å². The lowest BCUT2D eigenvalue weighted by Gasteiger charge is -2.09. The van der Waals surface area contributed by atoms with E-state index in [-0.39, 0.29) is 11.9 Å². The van der Waals surface area contributed by atoms with E-state index in [1.165, 1.54) is 0 Å². The van der Waals surface area contributed by atoms with E-state index in [1.54, 1.807) is 6.20 Å². The van der Waals surface area contributed by atoms with Gasteiger partial charge in [0.1, 0.15) is 0 Å². The third kappa shape index (κ3) is 3.60. The third-order valence-corrected chi connectivity index (χ3v) is 5.57. The molecule has 0 radical (unpaired) electrons. The van der Waals surface area contributed by atoms with Gasteiger partial charge in [0.2, 0.25) is 5.95 Å². The van der Waals surface area contributed by atoms with Gasteiger partial charge < -0.3 is 10.6 Å². The number of carbonyl (C=O) groups excluding carboxylic acids is 1. The van der Waals surface area contributed by atoms with Crippen LogP contribution in [-0.2, 0) is 6.54 Å². The summed E-state index contributed by atoms with van der Waals surface area (Å²) in [6.07, 6.45) is 3.60. The summed E-state index contributed by atoms with van der Waals surface area (Å²) in [5, 5.41) is 10.9. The van der Waals surface area contributed by atoms with Crippen LogP contribution in [0.3, 0.4) is 0 Å². The fourth-order valence-electron chi connectivity index (χ4n) is 3.78. The summed E-state index contributed by atoms with van der Waals surface area (Å²) >= 11 is 0. The molecule has 0 saturated heterocycles. The van der Waals surface area contributed by atoms with Crippen molar-refractivity contribution in [2.75, 3.05) is 5.32 Å². The molecule has 8 nitrogen and oxygen atoms in total. The van der Waals surface area contributed by atoms with Crippen molar-refractivity contribution in [1.82, 2.24) is 30.0 Å². The van der Waals surface area contributed by atoms with E-state index in [0.717, 1.165) is 39.3 Å². The highest BCUT2D eigenvalue weighted by atomic mass is 16.2. The second kappa shape index (κ2) is 7.88. The summed E-state index contributed by atoms with van der Waals surface area (Å²) in [6.45, 7) is 6.62. The third-order valence-electron chi connectivity index (χ3n) is 5.57. The molecule has 0 saturated carbocycles. The van der Waals surface area contributed by atoms with Crippen LogP contribution in [0.1, 0.15) is 41.5 Å². The van der Waals surface area contributed by atoms with Crippen LogP contribution < -0.4 is 10.6 Å².